The summed E-state index contributed by atoms with van der Waals surface area (Å²) >= 11 is 0. The molecule has 6 rings (SSSR count). The molecule has 2 aromatic carbocycles. The molecule has 11 heteroatoms. The zero-order valence-corrected chi connectivity index (χ0v) is 27.9. The monoisotopic (exact) mass is 636 g/mol. The van der Waals surface area contributed by atoms with Crippen LogP contribution in [0.15, 0.2) is 82.3 Å². The molecule has 0 radical (unpaired) electrons. The van der Waals surface area contributed by atoms with Crippen LogP contribution < -0.4 is 27.1 Å². The first-order chi connectivity index (χ1) is 22.4. The van der Waals surface area contributed by atoms with Crippen LogP contribution in [0.2, 0.25) is 0 Å². The molecule has 1 aliphatic rings. The Hall–Kier alpha value is -5.16. The highest BCUT2D eigenvalue weighted by atomic mass is 19.1. The van der Waals surface area contributed by atoms with Gasteiger partial charge in [-0.2, -0.15) is 14.9 Å². The smallest absolute Gasteiger partial charge is 0.290 e. The van der Waals surface area contributed by atoms with E-state index in [9.17, 15) is 9.59 Å². The van der Waals surface area contributed by atoms with Crippen LogP contribution in [0.1, 0.15) is 43.9 Å². The number of anilines is 2. The number of rotatable bonds is 5. The third-order valence-electron chi connectivity index (χ3n) is 8.14. The Kier molecular flexibility index (Phi) is 9.67. The summed E-state index contributed by atoms with van der Waals surface area (Å²) in [6.07, 6.45) is 6.56. The molecule has 4 heterocycles. The van der Waals surface area contributed by atoms with Gasteiger partial charge < -0.3 is 16.0 Å². The average Bonchev–Trinajstić information content (AvgIpc) is 3.05. The molecule has 0 saturated heterocycles. The first kappa shape index (κ1) is 33.2. The van der Waals surface area contributed by atoms with Crippen molar-refractivity contribution in [2.75, 3.05) is 25.5 Å². The second kappa shape index (κ2) is 13.7. The number of fused-ring (bicyclic) bond motifs is 1. The van der Waals surface area contributed by atoms with Gasteiger partial charge in [0.15, 0.2) is 0 Å². The van der Waals surface area contributed by atoms with Gasteiger partial charge in [0.1, 0.15) is 17.3 Å². The number of nitrogens with one attached hydrogen (secondary N) is 3. The minimum atomic E-state index is -0.576. The van der Waals surface area contributed by atoms with Gasteiger partial charge >= 0.3 is 0 Å². The van der Waals surface area contributed by atoms with Crippen LogP contribution in [-0.4, -0.2) is 44.7 Å². The number of nitrogens with zero attached hydrogens (tertiary/aromatic N) is 5. The Labute approximate surface area is 273 Å². The van der Waals surface area contributed by atoms with Crippen molar-refractivity contribution < 1.29 is 4.39 Å². The average molecular weight is 637 g/mol. The minimum Gasteiger partial charge on any atom is -0.392 e. The van der Waals surface area contributed by atoms with E-state index in [1.807, 2.05) is 59.9 Å². The summed E-state index contributed by atoms with van der Waals surface area (Å²) in [7, 11) is 3.54. The molecule has 5 aromatic rings. The number of aryl methyl sites for hydroxylation is 2. The summed E-state index contributed by atoms with van der Waals surface area (Å²) in [5, 5.41) is 18.7. The van der Waals surface area contributed by atoms with Crippen LogP contribution in [0, 0.1) is 19.7 Å². The summed E-state index contributed by atoms with van der Waals surface area (Å²) < 4.78 is 17.7. The standard InChI is InChI=1S/C30H29FN6O2.C6H12N2/c1-17-10-11-26(32-15-17)34-24-14-23(35-36(6)28(24)38)21-8-7-9-25(18(21)2)37-29(39)27-19(16-33-37)12-20(13-22(27)31)30(3,4)5;1-7-6-2-4-8-5-3-6/h7-16H,1-6H3,(H,32,34);2,7-8H,3-5H2,1H3. The van der Waals surface area contributed by atoms with Gasteiger partial charge in [0.2, 0.25) is 0 Å². The molecule has 0 bridgehead atoms. The number of pyridine rings is 1. The molecular formula is C36H41FN8O2. The van der Waals surface area contributed by atoms with E-state index in [-0.39, 0.29) is 16.4 Å². The number of hydrogen-bond donors (Lipinski definition) is 3. The summed E-state index contributed by atoms with van der Waals surface area (Å²) in [4.78, 5) is 30.6. The maximum Gasteiger partial charge on any atom is 0.290 e. The van der Waals surface area contributed by atoms with E-state index in [1.165, 1.54) is 27.3 Å². The molecule has 1 aliphatic heterocycles. The van der Waals surface area contributed by atoms with Crippen LogP contribution in [0.4, 0.5) is 15.9 Å². The molecule has 0 spiro atoms. The fourth-order valence-corrected chi connectivity index (χ4v) is 5.33. The Bertz CT molecular complexity index is 2080. The predicted octanol–water partition coefficient (Wildman–Crippen LogP) is 5.42. The highest BCUT2D eigenvalue weighted by Crippen LogP contribution is 2.29. The molecule has 10 nitrogen and oxygen atoms in total. The van der Waals surface area contributed by atoms with Gasteiger partial charge in [-0.3, -0.25) is 9.59 Å². The maximum atomic E-state index is 15.2. The quantitative estimate of drug-likeness (QED) is 0.234. The van der Waals surface area contributed by atoms with Crippen molar-refractivity contribution in [3.05, 3.63) is 116 Å². The summed E-state index contributed by atoms with van der Waals surface area (Å²) in [5.74, 6) is -0.0450. The number of halogens is 1. The van der Waals surface area contributed by atoms with E-state index in [0.29, 0.717) is 39.4 Å². The highest BCUT2D eigenvalue weighted by molar-refractivity contribution is 5.83. The summed E-state index contributed by atoms with van der Waals surface area (Å²) in [6, 6.07) is 13.9. The van der Waals surface area contributed by atoms with Gasteiger partial charge in [0.05, 0.1) is 23.0 Å². The van der Waals surface area contributed by atoms with Gasteiger partial charge in [-0.1, -0.05) is 45.0 Å². The summed E-state index contributed by atoms with van der Waals surface area (Å²) in [6.45, 7) is 11.9. The SMILES string of the molecule is CNC1=CCNCC1.Cc1ccc(Nc2cc(-c3cccc(-n4ncc5cc(C(C)(C)C)cc(F)c5c4=O)c3C)nn(C)c2=O)nc1. The van der Waals surface area contributed by atoms with Gasteiger partial charge in [-0.15, -0.1) is 0 Å². The Morgan fingerprint density at radius 3 is 2.43 bits per heavy atom. The van der Waals surface area contributed by atoms with Gasteiger partial charge in [0.25, 0.3) is 11.1 Å². The molecule has 0 atom stereocenters. The van der Waals surface area contributed by atoms with E-state index in [4.69, 9.17) is 0 Å². The van der Waals surface area contributed by atoms with Crippen molar-refractivity contribution in [1.82, 2.24) is 35.2 Å². The highest BCUT2D eigenvalue weighted by Gasteiger charge is 2.20. The van der Waals surface area contributed by atoms with Gasteiger partial charge in [0, 0.05) is 50.0 Å². The van der Waals surface area contributed by atoms with E-state index in [1.54, 1.807) is 37.5 Å². The van der Waals surface area contributed by atoms with Crippen molar-refractivity contribution in [2.45, 2.75) is 46.5 Å². The van der Waals surface area contributed by atoms with E-state index >= 15 is 4.39 Å². The second-order valence-electron chi connectivity index (χ2n) is 12.6. The first-order valence-corrected chi connectivity index (χ1v) is 15.6. The minimum absolute atomic E-state index is 0.0138. The van der Waals surface area contributed by atoms with Crippen molar-refractivity contribution in [3.63, 3.8) is 0 Å². The normalized spacial score (nSPS) is 13.1. The van der Waals surface area contributed by atoms with E-state index < -0.39 is 11.4 Å². The Balaban J connectivity index is 0.000000474. The number of benzene rings is 2. The van der Waals surface area contributed by atoms with Crippen LogP contribution >= 0.6 is 0 Å². The topological polar surface area (TPSA) is 119 Å². The van der Waals surface area contributed by atoms with E-state index in [0.717, 1.165) is 30.6 Å². The van der Waals surface area contributed by atoms with Crippen LogP contribution in [0.3, 0.4) is 0 Å². The van der Waals surface area contributed by atoms with Crippen LogP contribution in [0.25, 0.3) is 27.7 Å². The molecule has 0 aliphatic carbocycles. The third-order valence-corrected chi connectivity index (χ3v) is 8.14. The largest absolute Gasteiger partial charge is 0.392 e. The molecule has 0 fully saturated rings. The zero-order chi connectivity index (χ0) is 33.9. The number of hydrogen-bond acceptors (Lipinski definition) is 8. The lowest BCUT2D eigenvalue weighted by Crippen LogP contribution is -2.24. The van der Waals surface area contributed by atoms with Crippen molar-refractivity contribution in [2.24, 2.45) is 7.05 Å². The fourth-order valence-electron chi connectivity index (χ4n) is 5.33. The molecule has 0 saturated carbocycles. The van der Waals surface area contributed by atoms with Crippen molar-refractivity contribution in [3.8, 4) is 16.9 Å². The second-order valence-corrected chi connectivity index (χ2v) is 12.6. The lowest BCUT2D eigenvalue weighted by Gasteiger charge is -2.20. The molecule has 47 heavy (non-hydrogen) atoms. The van der Waals surface area contributed by atoms with E-state index in [2.05, 4.69) is 37.2 Å². The lowest BCUT2D eigenvalue weighted by atomic mass is 9.86. The maximum absolute atomic E-state index is 15.2. The van der Waals surface area contributed by atoms with Crippen LogP contribution in [0.5, 0.6) is 0 Å². The molecule has 3 aromatic heterocycles. The fraction of sp³-hybridized carbons (Fsp3) is 0.306. The Morgan fingerprint density at radius 2 is 1.79 bits per heavy atom. The summed E-state index contributed by atoms with van der Waals surface area (Å²) in [5.41, 5.74) is 4.72. The molecule has 3 N–H and O–H groups in total. The van der Waals surface area contributed by atoms with Crippen molar-refractivity contribution in [1.29, 1.82) is 0 Å². The molecular weight excluding hydrogens is 595 g/mol. The molecule has 244 valence electrons. The van der Waals surface area contributed by atoms with Gasteiger partial charge in [-0.05, 0) is 72.7 Å². The van der Waals surface area contributed by atoms with Crippen LogP contribution in [-0.2, 0) is 12.5 Å². The Morgan fingerprint density at radius 1 is 1.00 bits per heavy atom. The predicted molar refractivity (Wildman–Crippen MR) is 186 cm³/mol. The number of aromatic nitrogens is 5. The molecule has 0 amide bonds. The lowest BCUT2D eigenvalue weighted by molar-refractivity contribution is 0.576. The zero-order valence-electron chi connectivity index (χ0n) is 27.9. The van der Waals surface area contributed by atoms with Gasteiger partial charge in [-0.25, -0.2) is 14.1 Å². The third kappa shape index (κ3) is 7.30. The van der Waals surface area contributed by atoms with Crippen molar-refractivity contribution >= 4 is 22.3 Å². The molecule has 0 unspecified atom stereocenters. The first-order valence-electron chi connectivity index (χ1n) is 15.6.